The van der Waals surface area contributed by atoms with E-state index in [0.29, 0.717) is 11.7 Å². The minimum absolute atomic E-state index is 0.413. The summed E-state index contributed by atoms with van der Waals surface area (Å²) in [5, 5.41) is 0. The molecule has 1 aliphatic rings. The molecule has 0 aromatic rings. The van der Waals surface area contributed by atoms with Gasteiger partial charge in [-0.25, -0.2) is 0 Å². The summed E-state index contributed by atoms with van der Waals surface area (Å²) in [4.78, 5) is 12.5. The fraction of sp³-hybridized carbons (Fsp3) is 0.940. The molecule has 1 heteroatoms. The van der Waals surface area contributed by atoms with Gasteiger partial charge in [-0.2, -0.15) is 0 Å². The van der Waals surface area contributed by atoms with Gasteiger partial charge in [-0.3, -0.25) is 4.79 Å². The van der Waals surface area contributed by atoms with E-state index in [1.807, 2.05) is 0 Å². The summed E-state index contributed by atoms with van der Waals surface area (Å²) in [5.74, 6) is 2.60. The van der Waals surface area contributed by atoms with Crippen LogP contribution in [0, 0.1) is 17.8 Å². The molecule has 1 fully saturated rings. The molecule has 0 radical (unpaired) electrons. The van der Waals surface area contributed by atoms with Crippen LogP contribution in [-0.2, 0) is 4.79 Å². The Morgan fingerprint density at radius 1 is 0.471 bits per heavy atom. The van der Waals surface area contributed by atoms with Gasteiger partial charge in [0, 0.05) is 12.3 Å². The fourth-order valence-corrected chi connectivity index (χ4v) is 8.60. The van der Waals surface area contributed by atoms with E-state index in [-0.39, 0.29) is 0 Å². The van der Waals surface area contributed by atoms with Crippen molar-refractivity contribution in [3.63, 3.8) is 0 Å². The molecule has 0 amide bonds. The maximum atomic E-state index is 12.5. The highest BCUT2D eigenvalue weighted by atomic mass is 16.1. The summed E-state index contributed by atoms with van der Waals surface area (Å²) in [6.45, 7) is 9.20. The third-order valence-corrected chi connectivity index (χ3v) is 12.3. The molecule has 1 rings (SSSR count). The van der Waals surface area contributed by atoms with E-state index in [1.165, 1.54) is 244 Å². The molecule has 0 bridgehead atoms. The lowest BCUT2D eigenvalue weighted by atomic mass is 9.70. The standard InChI is InChI=1S/C50H96O/c1-5-7-9-11-13-15-17-19-21-23-25-27-29-32-39-47(40-33-30-28-26-24-22-20-18-16-14-12-10-8-6-2)41-34-31-35-42-48-44-49(45-48)50(51)43-37-36-38-46(3)4/h41,46,48-49H,5-40,42-45H2,1-4H3. The van der Waals surface area contributed by atoms with E-state index in [0.717, 1.165) is 24.7 Å². The molecular formula is C50H96O. The average molecular weight is 713 g/mol. The van der Waals surface area contributed by atoms with Crippen LogP contribution in [0.4, 0.5) is 0 Å². The van der Waals surface area contributed by atoms with E-state index < -0.39 is 0 Å². The molecule has 0 saturated heterocycles. The highest BCUT2D eigenvalue weighted by Crippen LogP contribution is 2.38. The predicted molar refractivity (Wildman–Crippen MR) is 231 cm³/mol. The van der Waals surface area contributed by atoms with Crippen LogP contribution in [0.25, 0.3) is 0 Å². The zero-order valence-corrected chi connectivity index (χ0v) is 36.0. The Labute approximate surface area is 323 Å². The summed E-state index contributed by atoms with van der Waals surface area (Å²) in [7, 11) is 0. The molecule has 1 aliphatic carbocycles. The highest BCUT2D eigenvalue weighted by Gasteiger charge is 2.33. The van der Waals surface area contributed by atoms with Crippen LogP contribution in [-0.4, -0.2) is 5.78 Å². The van der Waals surface area contributed by atoms with Crippen molar-refractivity contribution in [1.29, 1.82) is 0 Å². The minimum atomic E-state index is 0.413. The number of unbranched alkanes of at least 4 members (excludes halogenated alkanes) is 29. The first kappa shape index (κ1) is 48.4. The number of hydrogen-bond donors (Lipinski definition) is 0. The second-order valence-corrected chi connectivity index (χ2v) is 18.0. The maximum absolute atomic E-state index is 12.5. The number of ketones is 1. The van der Waals surface area contributed by atoms with E-state index in [1.54, 1.807) is 5.57 Å². The molecule has 1 nitrogen and oxygen atoms in total. The van der Waals surface area contributed by atoms with Gasteiger partial charge in [0.15, 0.2) is 0 Å². The molecule has 0 spiro atoms. The number of carbonyl (C=O) groups excluding carboxylic acids is 1. The maximum Gasteiger partial charge on any atom is 0.135 e. The summed E-state index contributed by atoms with van der Waals surface area (Å²) >= 11 is 0. The second kappa shape index (κ2) is 37.7. The zero-order valence-electron chi connectivity index (χ0n) is 36.0. The number of allylic oxidation sites excluding steroid dienone is 2. The van der Waals surface area contributed by atoms with Gasteiger partial charge in [0.25, 0.3) is 0 Å². The van der Waals surface area contributed by atoms with Crippen molar-refractivity contribution in [3.05, 3.63) is 11.6 Å². The number of rotatable bonds is 41. The average Bonchev–Trinajstić information content (AvgIpc) is 3.10. The van der Waals surface area contributed by atoms with Crippen molar-refractivity contribution in [2.75, 3.05) is 0 Å². The number of carbonyl (C=O) groups is 1. The van der Waals surface area contributed by atoms with Gasteiger partial charge < -0.3 is 0 Å². The normalized spacial score (nSPS) is 15.8. The Hall–Kier alpha value is -0.590. The van der Waals surface area contributed by atoms with E-state index >= 15 is 0 Å². The molecule has 51 heavy (non-hydrogen) atoms. The van der Waals surface area contributed by atoms with Gasteiger partial charge in [-0.1, -0.05) is 232 Å². The molecule has 0 unspecified atom stereocenters. The first-order valence-electron chi connectivity index (χ1n) is 24.3. The largest absolute Gasteiger partial charge is 0.299 e. The van der Waals surface area contributed by atoms with Gasteiger partial charge in [0.2, 0.25) is 0 Å². The summed E-state index contributed by atoms with van der Waals surface area (Å²) in [6, 6.07) is 0. The van der Waals surface area contributed by atoms with Crippen LogP contribution < -0.4 is 0 Å². The Balaban J connectivity index is 2.18. The molecule has 0 atom stereocenters. The van der Waals surface area contributed by atoms with Gasteiger partial charge in [-0.15, -0.1) is 0 Å². The van der Waals surface area contributed by atoms with Crippen molar-refractivity contribution in [2.45, 2.75) is 285 Å². The Kier molecular flexibility index (Phi) is 35.8. The SMILES string of the molecule is CCCCCCCCCCCCCCCCC(=CCCCCC1CC(C(=O)CCCCC(C)C)C1)CCCCCCCCCCCCCCCC. The van der Waals surface area contributed by atoms with Crippen LogP contribution >= 0.6 is 0 Å². The lowest BCUT2D eigenvalue weighted by Crippen LogP contribution is -2.30. The van der Waals surface area contributed by atoms with Crippen molar-refractivity contribution in [1.82, 2.24) is 0 Å². The lowest BCUT2D eigenvalue weighted by Gasteiger charge is -2.34. The van der Waals surface area contributed by atoms with Gasteiger partial charge in [-0.05, 0) is 69.6 Å². The Morgan fingerprint density at radius 3 is 1.24 bits per heavy atom. The first-order chi connectivity index (χ1) is 25.1. The summed E-state index contributed by atoms with van der Waals surface area (Å²) < 4.78 is 0. The lowest BCUT2D eigenvalue weighted by molar-refractivity contribution is -0.127. The molecule has 302 valence electrons. The van der Waals surface area contributed by atoms with Gasteiger partial charge in [0.1, 0.15) is 5.78 Å². The molecule has 0 aromatic heterocycles. The van der Waals surface area contributed by atoms with Crippen molar-refractivity contribution < 1.29 is 4.79 Å². The topological polar surface area (TPSA) is 17.1 Å². The fourth-order valence-electron chi connectivity index (χ4n) is 8.60. The Bertz CT molecular complexity index is 708. The monoisotopic (exact) mass is 713 g/mol. The van der Waals surface area contributed by atoms with E-state index in [2.05, 4.69) is 33.8 Å². The zero-order chi connectivity index (χ0) is 36.9. The number of Topliss-reactive ketones (excluding diaryl/α,β-unsaturated/α-hetero) is 1. The summed E-state index contributed by atoms with van der Waals surface area (Å²) in [5.41, 5.74) is 1.79. The predicted octanol–water partition coefficient (Wildman–Crippen LogP) is 18.0. The van der Waals surface area contributed by atoms with Crippen molar-refractivity contribution >= 4 is 5.78 Å². The third-order valence-electron chi connectivity index (χ3n) is 12.3. The molecule has 0 N–H and O–H groups in total. The van der Waals surface area contributed by atoms with Crippen LogP contribution in [0.15, 0.2) is 11.6 Å². The van der Waals surface area contributed by atoms with E-state index in [9.17, 15) is 4.79 Å². The summed E-state index contributed by atoms with van der Waals surface area (Å²) in [6.07, 6.45) is 58.2. The van der Waals surface area contributed by atoms with Gasteiger partial charge >= 0.3 is 0 Å². The smallest absolute Gasteiger partial charge is 0.135 e. The van der Waals surface area contributed by atoms with Gasteiger partial charge in [0.05, 0.1) is 0 Å². The van der Waals surface area contributed by atoms with Crippen LogP contribution in [0.3, 0.4) is 0 Å². The highest BCUT2D eigenvalue weighted by molar-refractivity contribution is 5.81. The minimum Gasteiger partial charge on any atom is -0.299 e. The van der Waals surface area contributed by atoms with E-state index in [4.69, 9.17) is 0 Å². The molecule has 1 saturated carbocycles. The Morgan fingerprint density at radius 2 is 0.843 bits per heavy atom. The molecule has 0 aromatic carbocycles. The first-order valence-corrected chi connectivity index (χ1v) is 24.3. The number of hydrogen-bond acceptors (Lipinski definition) is 1. The third kappa shape index (κ3) is 32.6. The molecule has 0 aliphatic heterocycles. The quantitative estimate of drug-likeness (QED) is 0.0455. The van der Waals surface area contributed by atoms with Crippen LogP contribution in [0.1, 0.15) is 285 Å². The molecular weight excluding hydrogens is 617 g/mol. The second-order valence-electron chi connectivity index (χ2n) is 18.0. The van der Waals surface area contributed by atoms with Crippen LogP contribution in [0.2, 0.25) is 0 Å². The van der Waals surface area contributed by atoms with Crippen molar-refractivity contribution in [3.8, 4) is 0 Å². The molecule has 0 heterocycles. The van der Waals surface area contributed by atoms with Crippen LogP contribution in [0.5, 0.6) is 0 Å². The van der Waals surface area contributed by atoms with Crippen molar-refractivity contribution in [2.24, 2.45) is 17.8 Å².